The number of aromatic amines is 2. The highest BCUT2D eigenvalue weighted by Crippen LogP contribution is 2.18. The van der Waals surface area contributed by atoms with Gasteiger partial charge >= 0.3 is 5.69 Å². The van der Waals surface area contributed by atoms with Crippen molar-refractivity contribution in [1.29, 1.82) is 0 Å². The zero-order chi connectivity index (χ0) is 9.80. The largest absolute Gasteiger partial charge is 0.340 e. The van der Waals surface area contributed by atoms with Crippen molar-refractivity contribution in [3.63, 3.8) is 0 Å². The Hall–Kier alpha value is -1.10. The van der Waals surface area contributed by atoms with Crippen LogP contribution in [0.3, 0.4) is 0 Å². The van der Waals surface area contributed by atoms with Crippen molar-refractivity contribution in [2.45, 2.75) is 38.1 Å². The van der Waals surface area contributed by atoms with Crippen LogP contribution in [0.5, 0.6) is 0 Å². The first-order chi connectivity index (χ1) is 6.86. The Kier molecular flexibility index (Phi) is 2.98. The molecule has 2 rings (SSSR count). The number of hydrogen-bond donors (Lipinski definition) is 3. The number of aromatic nitrogens is 3. The van der Waals surface area contributed by atoms with Crippen LogP contribution in [0.4, 0.5) is 0 Å². The summed E-state index contributed by atoms with van der Waals surface area (Å²) >= 11 is 0. The fraction of sp³-hybridized carbons (Fsp3) is 0.778. The Balaban J connectivity index is 2.04. The fourth-order valence-corrected chi connectivity index (χ4v) is 1.89. The number of hydrogen-bond acceptors (Lipinski definition) is 3. The van der Waals surface area contributed by atoms with Gasteiger partial charge in [-0.1, -0.05) is 19.3 Å². The van der Waals surface area contributed by atoms with Gasteiger partial charge in [0, 0.05) is 0 Å². The second-order valence-corrected chi connectivity index (χ2v) is 3.77. The molecule has 0 bridgehead atoms. The van der Waals surface area contributed by atoms with Crippen LogP contribution in [0.15, 0.2) is 4.79 Å². The molecule has 1 aliphatic rings. The van der Waals surface area contributed by atoms with Crippen molar-refractivity contribution in [2.75, 3.05) is 6.54 Å². The van der Waals surface area contributed by atoms with Crippen LogP contribution in [0, 0.1) is 0 Å². The molecule has 0 radical (unpaired) electrons. The smallest absolute Gasteiger partial charge is 0.307 e. The number of H-pyrrole nitrogens is 2. The van der Waals surface area contributed by atoms with Crippen LogP contribution >= 0.6 is 0 Å². The molecule has 5 nitrogen and oxygen atoms in total. The van der Waals surface area contributed by atoms with Gasteiger partial charge in [0.1, 0.15) is 5.82 Å². The van der Waals surface area contributed by atoms with E-state index in [1.165, 1.54) is 25.7 Å². The topological polar surface area (TPSA) is 73.6 Å². The average Bonchev–Trinajstić information content (AvgIpc) is 2.51. The second kappa shape index (κ2) is 4.41. The Morgan fingerprint density at radius 1 is 1.21 bits per heavy atom. The molecule has 3 N–H and O–H groups in total. The van der Waals surface area contributed by atoms with Gasteiger partial charge in [-0.05, 0) is 19.4 Å². The lowest BCUT2D eigenvalue weighted by Crippen LogP contribution is -2.25. The molecule has 78 valence electrons. The normalized spacial score (nSPS) is 24.1. The molecule has 0 spiro atoms. The highest BCUT2D eigenvalue weighted by atomic mass is 16.1. The van der Waals surface area contributed by atoms with Crippen LogP contribution in [0.25, 0.3) is 0 Å². The third-order valence-electron chi connectivity index (χ3n) is 2.66. The zero-order valence-electron chi connectivity index (χ0n) is 8.18. The quantitative estimate of drug-likeness (QED) is 0.618. The van der Waals surface area contributed by atoms with Crippen molar-refractivity contribution in [3.05, 3.63) is 16.3 Å². The van der Waals surface area contributed by atoms with Crippen molar-refractivity contribution in [3.8, 4) is 0 Å². The lowest BCUT2D eigenvalue weighted by atomic mass is 10.0. The number of nitrogens with one attached hydrogen (secondary N) is 3. The predicted molar refractivity (Wildman–Crippen MR) is 53.0 cm³/mol. The summed E-state index contributed by atoms with van der Waals surface area (Å²) in [6.45, 7) is 1.01. The average molecular weight is 196 g/mol. The van der Waals surface area contributed by atoms with Gasteiger partial charge in [-0.15, -0.1) is 0 Å². The lowest BCUT2D eigenvalue weighted by Gasteiger charge is -2.18. The minimum Gasteiger partial charge on any atom is -0.307 e. The monoisotopic (exact) mass is 196 g/mol. The maximum atomic E-state index is 10.9. The predicted octanol–water partition coefficient (Wildman–Crippen LogP) is 0.693. The third-order valence-corrected chi connectivity index (χ3v) is 2.66. The van der Waals surface area contributed by atoms with E-state index in [0.717, 1.165) is 18.8 Å². The molecule has 14 heavy (non-hydrogen) atoms. The molecule has 1 fully saturated rings. The van der Waals surface area contributed by atoms with Gasteiger partial charge in [-0.2, -0.15) is 5.10 Å². The van der Waals surface area contributed by atoms with E-state index in [0.29, 0.717) is 0 Å². The van der Waals surface area contributed by atoms with Crippen LogP contribution in [0.2, 0.25) is 0 Å². The first kappa shape index (κ1) is 9.45. The van der Waals surface area contributed by atoms with E-state index < -0.39 is 0 Å². The Bertz CT molecular complexity index is 322. The van der Waals surface area contributed by atoms with Crippen molar-refractivity contribution in [1.82, 2.24) is 20.5 Å². The van der Waals surface area contributed by atoms with E-state index in [1.54, 1.807) is 0 Å². The fourth-order valence-electron chi connectivity index (χ4n) is 1.89. The van der Waals surface area contributed by atoms with Crippen molar-refractivity contribution in [2.24, 2.45) is 0 Å². The second-order valence-electron chi connectivity index (χ2n) is 3.77. The van der Waals surface area contributed by atoms with Crippen molar-refractivity contribution >= 4 is 0 Å². The van der Waals surface area contributed by atoms with Gasteiger partial charge in [0.25, 0.3) is 0 Å². The Morgan fingerprint density at radius 3 is 2.86 bits per heavy atom. The number of nitrogens with zero attached hydrogens (tertiary/aromatic N) is 1. The van der Waals surface area contributed by atoms with E-state index in [-0.39, 0.29) is 11.7 Å². The minimum absolute atomic E-state index is 0.217. The van der Waals surface area contributed by atoms with Crippen LogP contribution in [-0.2, 0) is 0 Å². The van der Waals surface area contributed by atoms with Crippen LogP contribution in [-0.4, -0.2) is 21.7 Å². The summed E-state index contributed by atoms with van der Waals surface area (Å²) in [5.74, 6) is 0.747. The minimum atomic E-state index is -0.219. The summed E-state index contributed by atoms with van der Waals surface area (Å²) in [6.07, 6.45) is 6.06. The van der Waals surface area contributed by atoms with E-state index in [4.69, 9.17) is 0 Å². The maximum absolute atomic E-state index is 10.9. The summed E-state index contributed by atoms with van der Waals surface area (Å²) in [7, 11) is 0. The molecule has 0 aliphatic carbocycles. The van der Waals surface area contributed by atoms with Crippen LogP contribution < -0.4 is 11.0 Å². The number of rotatable bonds is 1. The highest BCUT2D eigenvalue weighted by Gasteiger charge is 2.15. The van der Waals surface area contributed by atoms with Crippen molar-refractivity contribution < 1.29 is 0 Å². The van der Waals surface area contributed by atoms with E-state index >= 15 is 0 Å². The summed E-state index contributed by atoms with van der Waals surface area (Å²) in [5.41, 5.74) is -0.219. The summed E-state index contributed by atoms with van der Waals surface area (Å²) in [4.78, 5) is 13.6. The highest BCUT2D eigenvalue weighted by molar-refractivity contribution is 4.91. The molecular formula is C9H16N4O. The molecule has 0 saturated carbocycles. The molecular weight excluding hydrogens is 180 g/mol. The Labute approximate surface area is 82.3 Å². The molecule has 2 heterocycles. The maximum Gasteiger partial charge on any atom is 0.340 e. The first-order valence-electron chi connectivity index (χ1n) is 5.24. The molecule has 5 heteroatoms. The lowest BCUT2D eigenvalue weighted by molar-refractivity contribution is 0.414. The molecule has 0 aromatic carbocycles. The van der Waals surface area contributed by atoms with Gasteiger partial charge in [-0.3, -0.25) is 4.98 Å². The van der Waals surface area contributed by atoms with Gasteiger partial charge in [0.15, 0.2) is 0 Å². The first-order valence-corrected chi connectivity index (χ1v) is 5.24. The molecule has 1 aromatic heterocycles. The van der Waals surface area contributed by atoms with E-state index in [1.807, 2.05) is 0 Å². The summed E-state index contributed by atoms with van der Waals surface area (Å²) in [5, 5.41) is 9.76. The van der Waals surface area contributed by atoms with Gasteiger partial charge in [-0.25, -0.2) is 9.89 Å². The molecule has 1 saturated heterocycles. The molecule has 1 aliphatic heterocycles. The molecule has 1 unspecified atom stereocenters. The molecule has 1 atom stereocenters. The zero-order valence-corrected chi connectivity index (χ0v) is 8.18. The standard InChI is InChI=1S/C9H16N4O/c14-9-11-8(12-13-9)7-5-3-1-2-4-6-10-7/h7,10H,1-6H2,(H2,11,12,13,14). The molecule has 1 aromatic rings. The van der Waals surface area contributed by atoms with Gasteiger partial charge in [0.2, 0.25) is 0 Å². The Morgan fingerprint density at radius 2 is 2.07 bits per heavy atom. The van der Waals surface area contributed by atoms with Crippen LogP contribution in [0.1, 0.15) is 44.0 Å². The van der Waals surface area contributed by atoms with E-state index in [9.17, 15) is 4.79 Å². The van der Waals surface area contributed by atoms with E-state index in [2.05, 4.69) is 20.5 Å². The van der Waals surface area contributed by atoms with Gasteiger partial charge < -0.3 is 5.32 Å². The molecule has 0 amide bonds. The van der Waals surface area contributed by atoms with Gasteiger partial charge in [0.05, 0.1) is 6.04 Å². The third kappa shape index (κ3) is 2.23. The SMILES string of the molecule is O=c1[nH]nc(C2CCCCCCN2)[nH]1. The summed E-state index contributed by atoms with van der Waals surface area (Å²) < 4.78 is 0. The summed E-state index contributed by atoms with van der Waals surface area (Å²) in [6, 6.07) is 0.217.